The molecule has 0 amide bonds. The summed E-state index contributed by atoms with van der Waals surface area (Å²) in [5.41, 5.74) is 5.06. The van der Waals surface area contributed by atoms with Gasteiger partial charge < -0.3 is 10.5 Å². The summed E-state index contributed by atoms with van der Waals surface area (Å²) in [6, 6.07) is 0. The zero-order valence-corrected chi connectivity index (χ0v) is 16.4. The van der Waals surface area contributed by atoms with Gasteiger partial charge in [-0.3, -0.25) is 9.59 Å². The van der Waals surface area contributed by atoms with Crippen LogP contribution >= 0.6 is 0 Å². The molecular formula is C21H39NO3. The van der Waals surface area contributed by atoms with Gasteiger partial charge in [-0.05, 0) is 39.0 Å². The number of unbranched alkanes of at least 4 members (excludes halogenated alkanes) is 9. The Bertz CT molecular complexity index is 351. The molecule has 0 radical (unpaired) electrons. The topological polar surface area (TPSA) is 69.4 Å². The number of ether oxygens (including phenoxy) is 1. The van der Waals surface area contributed by atoms with Crippen molar-refractivity contribution in [3.05, 3.63) is 24.8 Å². The number of carbonyl (C=O) groups is 2. The molecule has 0 aliphatic heterocycles. The van der Waals surface area contributed by atoms with Crippen LogP contribution in [0.3, 0.4) is 0 Å². The summed E-state index contributed by atoms with van der Waals surface area (Å²) in [7, 11) is 0. The molecule has 4 nitrogen and oxygen atoms in total. The second-order valence-electron chi connectivity index (χ2n) is 6.09. The third kappa shape index (κ3) is 24.9. The lowest BCUT2D eigenvalue weighted by atomic mass is 10.1. The molecule has 0 heterocycles. The Morgan fingerprint density at radius 2 is 1.36 bits per heavy atom. The van der Waals surface area contributed by atoms with Crippen LogP contribution in [0.5, 0.6) is 0 Å². The molecule has 0 aromatic heterocycles. The van der Waals surface area contributed by atoms with Crippen molar-refractivity contribution < 1.29 is 14.3 Å². The van der Waals surface area contributed by atoms with Gasteiger partial charge in [0.2, 0.25) is 0 Å². The highest BCUT2D eigenvalue weighted by Gasteiger charge is 2.07. The Labute approximate surface area is 154 Å². The second kappa shape index (κ2) is 22.6. The molecule has 0 saturated heterocycles. The minimum Gasteiger partial charge on any atom is -0.392 e. The van der Waals surface area contributed by atoms with Crippen molar-refractivity contribution in [2.45, 2.75) is 90.9 Å². The number of hydrogen-bond acceptors (Lipinski definition) is 4. The number of rotatable bonds is 14. The van der Waals surface area contributed by atoms with Gasteiger partial charge in [0.05, 0.1) is 6.54 Å². The van der Waals surface area contributed by atoms with Gasteiger partial charge in [-0.1, -0.05) is 63.7 Å². The molecule has 0 saturated carbocycles. The van der Waals surface area contributed by atoms with Crippen LogP contribution in [0.1, 0.15) is 90.9 Å². The van der Waals surface area contributed by atoms with Crippen LogP contribution in [0.15, 0.2) is 24.8 Å². The van der Waals surface area contributed by atoms with Crippen molar-refractivity contribution in [1.82, 2.24) is 0 Å². The fraction of sp³-hybridized carbons (Fsp3) is 0.714. The van der Waals surface area contributed by atoms with Gasteiger partial charge in [0.1, 0.15) is 0 Å². The number of allylic oxidation sites excluding steroid dienone is 3. The maximum absolute atomic E-state index is 11.2. The van der Waals surface area contributed by atoms with E-state index in [0.29, 0.717) is 6.42 Å². The molecule has 2 N–H and O–H groups in total. The Morgan fingerprint density at radius 3 is 1.88 bits per heavy atom. The van der Waals surface area contributed by atoms with Gasteiger partial charge in [-0.2, -0.15) is 0 Å². The zero-order valence-electron chi connectivity index (χ0n) is 16.4. The zero-order chi connectivity index (χ0) is 19.2. The summed E-state index contributed by atoms with van der Waals surface area (Å²) in [5, 5.41) is 0. The minimum absolute atomic E-state index is 0.238. The molecule has 0 fully saturated rings. The Hall–Kier alpha value is -1.42. The maximum Gasteiger partial charge on any atom is 0.327 e. The van der Waals surface area contributed by atoms with Gasteiger partial charge in [0, 0.05) is 6.42 Å². The molecule has 0 aromatic rings. The Morgan fingerprint density at radius 1 is 0.880 bits per heavy atom. The maximum atomic E-state index is 11.2. The lowest BCUT2D eigenvalue weighted by Gasteiger charge is -2.01. The average molecular weight is 354 g/mol. The van der Waals surface area contributed by atoms with E-state index in [1.54, 1.807) is 6.08 Å². The summed E-state index contributed by atoms with van der Waals surface area (Å²) in [5.74, 6) is -1.10. The van der Waals surface area contributed by atoms with E-state index in [1.807, 2.05) is 6.92 Å². The van der Waals surface area contributed by atoms with Gasteiger partial charge in [0.15, 0.2) is 0 Å². The van der Waals surface area contributed by atoms with E-state index in [4.69, 9.17) is 5.73 Å². The van der Waals surface area contributed by atoms with Crippen molar-refractivity contribution in [3.8, 4) is 0 Å². The third-order valence-corrected chi connectivity index (χ3v) is 3.54. The van der Waals surface area contributed by atoms with Gasteiger partial charge in [0.25, 0.3) is 0 Å². The first kappa shape index (κ1) is 25.8. The van der Waals surface area contributed by atoms with Gasteiger partial charge in [-0.25, -0.2) is 0 Å². The first-order chi connectivity index (χ1) is 12.1. The van der Waals surface area contributed by atoms with Crippen LogP contribution in [0.25, 0.3) is 0 Å². The normalized spacial score (nSPS) is 10.2. The van der Waals surface area contributed by atoms with Crippen molar-refractivity contribution in [2.75, 3.05) is 6.54 Å². The molecule has 0 atom stereocenters. The van der Waals surface area contributed by atoms with Crippen molar-refractivity contribution in [3.63, 3.8) is 0 Å². The molecule has 0 spiro atoms. The molecule has 25 heavy (non-hydrogen) atoms. The smallest absolute Gasteiger partial charge is 0.327 e. The number of esters is 2. The van der Waals surface area contributed by atoms with Crippen LogP contribution in [-0.4, -0.2) is 18.5 Å². The van der Waals surface area contributed by atoms with Crippen LogP contribution in [0, 0.1) is 0 Å². The van der Waals surface area contributed by atoms with Crippen molar-refractivity contribution in [2.24, 2.45) is 5.73 Å². The summed E-state index contributed by atoms with van der Waals surface area (Å²) >= 11 is 0. The van der Waals surface area contributed by atoms with E-state index >= 15 is 0 Å². The molecule has 0 rings (SSSR count). The quantitative estimate of drug-likeness (QED) is 0.195. The minimum atomic E-state index is -0.647. The van der Waals surface area contributed by atoms with E-state index in [2.05, 4.69) is 30.4 Å². The highest BCUT2D eigenvalue weighted by molar-refractivity contribution is 5.86. The standard InChI is InChI=1S/C18H33NO3.C3H6/c1-2-3-4-5-6-7-8-9-10-11-12-13-14-15-17(20)22-18(21)16-19;1-3-2/h7-8H,2-6,9-16,19H2,1H3;3H,1H2,2H3/b8-7-;. The van der Waals surface area contributed by atoms with E-state index in [0.717, 1.165) is 25.7 Å². The van der Waals surface area contributed by atoms with E-state index in [1.165, 1.54) is 44.9 Å². The van der Waals surface area contributed by atoms with Crippen LogP contribution in [0.2, 0.25) is 0 Å². The Balaban J connectivity index is 0. The summed E-state index contributed by atoms with van der Waals surface area (Å²) in [6.45, 7) is 7.25. The van der Waals surface area contributed by atoms with Crippen molar-refractivity contribution >= 4 is 11.9 Å². The van der Waals surface area contributed by atoms with Crippen LogP contribution < -0.4 is 5.73 Å². The van der Waals surface area contributed by atoms with E-state index in [-0.39, 0.29) is 6.54 Å². The fourth-order valence-corrected chi connectivity index (χ4v) is 2.21. The molecule has 0 aromatic carbocycles. The lowest BCUT2D eigenvalue weighted by molar-refractivity contribution is -0.158. The molecule has 4 heteroatoms. The lowest BCUT2D eigenvalue weighted by Crippen LogP contribution is -2.20. The average Bonchev–Trinajstić information content (AvgIpc) is 2.59. The summed E-state index contributed by atoms with van der Waals surface area (Å²) in [4.78, 5) is 22.0. The van der Waals surface area contributed by atoms with E-state index in [9.17, 15) is 9.59 Å². The van der Waals surface area contributed by atoms with Gasteiger partial charge >= 0.3 is 11.9 Å². The molecule has 0 aliphatic rings. The SMILES string of the molecule is C=CC.CCCCCC/C=C\CCCCCCCC(=O)OC(=O)CN. The second-order valence-corrected chi connectivity index (χ2v) is 6.09. The molecule has 0 aliphatic carbocycles. The highest BCUT2D eigenvalue weighted by atomic mass is 16.6. The van der Waals surface area contributed by atoms with Gasteiger partial charge in [-0.15, -0.1) is 6.58 Å². The first-order valence-corrected chi connectivity index (χ1v) is 9.77. The molecule has 146 valence electrons. The fourth-order valence-electron chi connectivity index (χ4n) is 2.21. The van der Waals surface area contributed by atoms with Crippen molar-refractivity contribution in [1.29, 1.82) is 0 Å². The third-order valence-electron chi connectivity index (χ3n) is 3.54. The summed E-state index contributed by atoms with van der Waals surface area (Å²) < 4.78 is 4.49. The number of hydrogen-bond donors (Lipinski definition) is 1. The number of carbonyl (C=O) groups excluding carboxylic acids is 2. The highest BCUT2D eigenvalue weighted by Crippen LogP contribution is 2.09. The molecule has 0 unspecified atom stereocenters. The predicted molar refractivity (Wildman–Crippen MR) is 106 cm³/mol. The largest absolute Gasteiger partial charge is 0.392 e. The van der Waals surface area contributed by atoms with Crippen LogP contribution in [-0.2, 0) is 14.3 Å². The number of nitrogens with two attached hydrogens (primary N) is 1. The first-order valence-electron chi connectivity index (χ1n) is 9.77. The Kier molecular flexibility index (Phi) is 23.3. The predicted octanol–water partition coefficient (Wildman–Crippen LogP) is 5.46. The molecule has 0 bridgehead atoms. The van der Waals surface area contributed by atoms with E-state index < -0.39 is 11.9 Å². The monoisotopic (exact) mass is 353 g/mol. The summed E-state index contributed by atoms with van der Waals surface area (Å²) in [6.07, 6.45) is 19.6. The molecular weight excluding hydrogens is 314 g/mol. The van der Waals surface area contributed by atoms with Crippen LogP contribution in [0.4, 0.5) is 0 Å².